The fraction of sp³-hybridized carbons (Fsp3) is 1.00. The molecule has 0 heterocycles. The monoisotopic (exact) mass is 282 g/mol. The zero-order valence-electron chi connectivity index (χ0n) is 13.7. The fourth-order valence-electron chi connectivity index (χ4n) is 3.31. The Labute approximate surface area is 126 Å². The zero-order valence-corrected chi connectivity index (χ0v) is 13.7. The maximum atomic E-state index is 12.0. The zero-order chi connectivity index (χ0) is 14.5. The number of rotatable bonds is 12. The van der Waals surface area contributed by atoms with Crippen LogP contribution >= 0.6 is 0 Å². The van der Waals surface area contributed by atoms with Crippen LogP contribution in [0.2, 0.25) is 0 Å². The van der Waals surface area contributed by atoms with Crippen LogP contribution in [-0.2, 0) is 0 Å². The number of unbranched alkanes of at least 4 members (excludes halogenated alkanes) is 9. The Balaban J connectivity index is 1.82. The van der Waals surface area contributed by atoms with Crippen molar-refractivity contribution < 1.29 is 0 Å². The molecule has 2 nitrogen and oxygen atoms in total. The van der Waals surface area contributed by atoms with Gasteiger partial charge in [0, 0.05) is 0 Å². The molecule has 1 saturated carbocycles. The summed E-state index contributed by atoms with van der Waals surface area (Å²) in [6, 6.07) is 0.349. The van der Waals surface area contributed by atoms with Crippen LogP contribution in [0.1, 0.15) is 103 Å². The lowest BCUT2D eigenvalue weighted by atomic mass is 9.95. The van der Waals surface area contributed by atoms with Crippen molar-refractivity contribution in [3.05, 3.63) is 5.21 Å². The molecule has 120 valence electrons. The van der Waals surface area contributed by atoms with Gasteiger partial charge in [-0.3, -0.25) is 0 Å². The van der Waals surface area contributed by atoms with Gasteiger partial charge in [0.1, 0.15) is 0 Å². The highest BCUT2D eigenvalue weighted by Gasteiger charge is 2.13. The number of nitrogens with zero attached hydrogens (tertiary/aromatic N) is 1. The van der Waals surface area contributed by atoms with Crippen molar-refractivity contribution in [2.24, 2.45) is 0 Å². The molecule has 0 spiro atoms. The van der Waals surface area contributed by atoms with E-state index in [0.29, 0.717) is 6.04 Å². The molecule has 0 unspecified atom stereocenters. The average molecular weight is 282 g/mol. The van der Waals surface area contributed by atoms with Crippen molar-refractivity contribution in [3.8, 4) is 0 Å². The third-order valence-electron chi connectivity index (χ3n) is 4.71. The molecular formula is C18H36NO-. The second-order valence-electron chi connectivity index (χ2n) is 6.61. The molecule has 2 heteroatoms. The van der Waals surface area contributed by atoms with E-state index in [4.69, 9.17) is 0 Å². The van der Waals surface area contributed by atoms with E-state index in [0.717, 1.165) is 25.8 Å². The second kappa shape index (κ2) is 12.6. The molecule has 1 fully saturated rings. The molecule has 0 saturated heterocycles. The molecule has 0 aromatic heterocycles. The van der Waals surface area contributed by atoms with Gasteiger partial charge in [0.25, 0.3) is 0 Å². The molecular weight excluding hydrogens is 246 g/mol. The van der Waals surface area contributed by atoms with E-state index in [1.165, 1.54) is 82.1 Å². The Kier molecular flexibility index (Phi) is 11.4. The van der Waals surface area contributed by atoms with Gasteiger partial charge in [0.2, 0.25) is 0 Å². The Morgan fingerprint density at radius 1 is 0.750 bits per heavy atom. The SMILES string of the molecule is CCCCCCCCCCCCN([O-])C1CCCCC1. The van der Waals surface area contributed by atoms with Gasteiger partial charge in [-0.2, -0.15) is 0 Å². The molecule has 1 rings (SSSR count). The summed E-state index contributed by atoms with van der Waals surface area (Å²) in [6.45, 7) is 3.05. The summed E-state index contributed by atoms with van der Waals surface area (Å²) >= 11 is 0. The minimum Gasteiger partial charge on any atom is -0.785 e. The van der Waals surface area contributed by atoms with Crippen LogP contribution in [0.15, 0.2) is 0 Å². The van der Waals surface area contributed by atoms with Gasteiger partial charge in [0.05, 0.1) is 0 Å². The molecule has 1 aliphatic carbocycles. The predicted octanol–water partition coefficient (Wildman–Crippen LogP) is 6.04. The first-order valence-corrected chi connectivity index (χ1v) is 9.28. The lowest BCUT2D eigenvalue weighted by molar-refractivity contribution is 0.214. The molecule has 1 aliphatic rings. The number of hydrogen-bond acceptors (Lipinski definition) is 2. The molecule has 0 aromatic carbocycles. The lowest BCUT2D eigenvalue weighted by Gasteiger charge is -2.39. The van der Waals surface area contributed by atoms with E-state index in [1.54, 1.807) is 0 Å². The summed E-state index contributed by atoms with van der Waals surface area (Å²) in [7, 11) is 0. The highest BCUT2D eigenvalue weighted by atomic mass is 16.5. The molecule has 0 N–H and O–H groups in total. The van der Waals surface area contributed by atoms with Gasteiger partial charge >= 0.3 is 0 Å². The summed E-state index contributed by atoms with van der Waals surface area (Å²) in [5.74, 6) is 0. The Morgan fingerprint density at radius 2 is 1.25 bits per heavy atom. The minimum absolute atomic E-state index is 0.349. The molecule has 20 heavy (non-hydrogen) atoms. The summed E-state index contributed by atoms with van der Waals surface area (Å²) in [4.78, 5) is 0. The normalized spacial score (nSPS) is 16.9. The van der Waals surface area contributed by atoms with E-state index in [9.17, 15) is 5.21 Å². The van der Waals surface area contributed by atoms with Gasteiger partial charge in [-0.25, -0.2) is 0 Å². The van der Waals surface area contributed by atoms with Gasteiger partial charge in [-0.05, 0) is 31.8 Å². The van der Waals surface area contributed by atoms with Crippen LogP contribution in [0, 0.1) is 5.21 Å². The van der Waals surface area contributed by atoms with E-state index < -0.39 is 0 Å². The predicted molar refractivity (Wildman–Crippen MR) is 88.8 cm³/mol. The van der Waals surface area contributed by atoms with Crippen LogP contribution in [0.5, 0.6) is 0 Å². The van der Waals surface area contributed by atoms with Crippen molar-refractivity contribution in [2.45, 2.75) is 109 Å². The van der Waals surface area contributed by atoms with Crippen LogP contribution < -0.4 is 0 Å². The second-order valence-corrected chi connectivity index (χ2v) is 6.61. The van der Waals surface area contributed by atoms with Crippen LogP contribution in [0.25, 0.3) is 0 Å². The maximum absolute atomic E-state index is 12.0. The topological polar surface area (TPSA) is 26.3 Å². The molecule has 0 amide bonds. The highest BCUT2D eigenvalue weighted by molar-refractivity contribution is 4.75. The summed E-state index contributed by atoms with van der Waals surface area (Å²) < 4.78 is 0. The van der Waals surface area contributed by atoms with Crippen molar-refractivity contribution in [1.29, 1.82) is 0 Å². The van der Waals surface area contributed by atoms with E-state index >= 15 is 0 Å². The molecule has 0 aromatic rings. The van der Waals surface area contributed by atoms with Crippen molar-refractivity contribution in [1.82, 2.24) is 5.06 Å². The third kappa shape index (κ3) is 8.97. The first kappa shape index (κ1) is 18.0. The van der Waals surface area contributed by atoms with E-state index in [2.05, 4.69) is 6.92 Å². The highest BCUT2D eigenvalue weighted by Crippen LogP contribution is 2.22. The van der Waals surface area contributed by atoms with Gasteiger partial charge in [-0.15, -0.1) is 0 Å². The molecule has 0 atom stereocenters. The minimum atomic E-state index is 0.349. The lowest BCUT2D eigenvalue weighted by Crippen LogP contribution is -2.32. The smallest absolute Gasteiger partial charge is 0.00262 e. The summed E-state index contributed by atoms with van der Waals surface area (Å²) in [5, 5.41) is 13.3. The van der Waals surface area contributed by atoms with E-state index in [1.807, 2.05) is 0 Å². The van der Waals surface area contributed by atoms with Gasteiger partial charge < -0.3 is 10.3 Å². The van der Waals surface area contributed by atoms with Crippen LogP contribution in [0.3, 0.4) is 0 Å². The number of hydroxylamine groups is 2. The third-order valence-corrected chi connectivity index (χ3v) is 4.71. The van der Waals surface area contributed by atoms with Crippen molar-refractivity contribution >= 4 is 0 Å². The van der Waals surface area contributed by atoms with Crippen molar-refractivity contribution in [3.63, 3.8) is 0 Å². The van der Waals surface area contributed by atoms with Crippen LogP contribution in [-0.4, -0.2) is 17.6 Å². The first-order valence-electron chi connectivity index (χ1n) is 9.28. The Morgan fingerprint density at radius 3 is 1.80 bits per heavy atom. The molecule has 0 bridgehead atoms. The average Bonchev–Trinajstić information content (AvgIpc) is 2.50. The molecule has 0 aliphatic heterocycles. The standard InChI is InChI=1S/C18H36NO/c1-2-3-4-5-6-7-8-9-10-14-17-19(20)18-15-12-11-13-16-18/h18H,2-17H2,1H3/q-1. The Bertz CT molecular complexity index is 202. The quantitative estimate of drug-likeness (QED) is 0.322. The van der Waals surface area contributed by atoms with Gasteiger partial charge in [0.15, 0.2) is 0 Å². The largest absolute Gasteiger partial charge is 0.785 e. The number of hydrogen-bond donors (Lipinski definition) is 0. The van der Waals surface area contributed by atoms with E-state index in [-0.39, 0.29) is 0 Å². The Hall–Kier alpha value is -0.0800. The van der Waals surface area contributed by atoms with Gasteiger partial charge in [-0.1, -0.05) is 84.0 Å². The summed E-state index contributed by atoms with van der Waals surface area (Å²) in [5.41, 5.74) is 0. The maximum Gasteiger partial charge on any atom is -0.00262 e. The van der Waals surface area contributed by atoms with Crippen LogP contribution in [0.4, 0.5) is 0 Å². The molecule has 0 radical (unpaired) electrons. The first-order chi connectivity index (χ1) is 9.84. The fourth-order valence-corrected chi connectivity index (χ4v) is 3.31. The van der Waals surface area contributed by atoms with Crippen molar-refractivity contribution in [2.75, 3.05) is 6.54 Å². The summed E-state index contributed by atoms with van der Waals surface area (Å²) in [6.07, 6.45) is 19.6.